The largest absolute Gasteiger partial charge is 0.457 e. The highest BCUT2D eigenvalue weighted by Crippen LogP contribution is 2.39. The first-order chi connectivity index (χ1) is 8.65. The van der Waals surface area contributed by atoms with E-state index in [-0.39, 0.29) is 5.41 Å². The Labute approximate surface area is 108 Å². The highest BCUT2D eigenvalue weighted by Gasteiger charge is 2.29. The Bertz CT molecular complexity index is 561. The molecule has 2 heteroatoms. The molecule has 1 aliphatic heterocycles. The molecule has 1 N–H and O–H groups in total. The zero-order valence-electron chi connectivity index (χ0n) is 10.7. The van der Waals surface area contributed by atoms with E-state index in [0.717, 1.165) is 18.0 Å². The normalized spacial score (nSPS) is 15.9. The molecule has 0 spiro atoms. The van der Waals surface area contributed by atoms with E-state index in [2.05, 4.69) is 31.3 Å². The van der Waals surface area contributed by atoms with Crippen LogP contribution in [0.25, 0.3) is 0 Å². The average Bonchev–Trinajstić information content (AvgIpc) is 2.67. The molecule has 0 amide bonds. The molecule has 0 saturated carbocycles. The Kier molecular flexibility index (Phi) is 2.51. The first-order valence-electron chi connectivity index (χ1n) is 6.26. The van der Waals surface area contributed by atoms with Crippen molar-refractivity contribution in [3.8, 4) is 11.5 Å². The van der Waals surface area contributed by atoms with Gasteiger partial charge in [0.05, 0.1) is 0 Å². The third-order valence-corrected chi connectivity index (χ3v) is 3.42. The van der Waals surface area contributed by atoms with Gasteiger partial charge in [-0.1, -0.05) is 32.0 Å². The second-order valence-electron chi connectivity index (χ2n) is 5.36. The molecule has 0 radical (unpaired) electrons. The van der Waals surface area contributed by atoms with Crippen LogP contribution in [0.5, 0.6) is 11.5 Å². The van der Waals surface area contributed by atoms with E-state index >= 15 is 0 Å². The fourth-order valence-electron chi connectivity index (χ4n) is 2.34. The number of nitrogens with one attached hydrogen (secondary N) is 1. The zero-order chi connectivity index (χ0) is 12.6. The van der Waals surface area contributed by atoms with Crippen LogP contribution in [0.3, 0.4) is 0 Å². The summed E-state index contributed by atoms with van der Waals surface area (Å²) in [5.41, 5.74) is 2.72. The molecule has 2 nitrogen and oxygen atoms in total. The maximum Gasteiger partial charge on any atom is 0.127 e. The van der Waals surface area contributed by atoms with Gasteiger partial charge in [-0.25, -0.2) is 0 Å². The minimum atomic E-state index is 0.172. The van der Waals surface area contributed by atoms with Crippen molar-refractivity contribution in [2.24, 2.45) is 0 Å². The molecule has 18 heavy (non-hydrogen) atoms. The lowest BCUT2D eigenvalue weighted by Crippen LogP contribution is -2.18. The van der Waals surface area contributed by atoms with Crippen LogP contribution in [-0.4, -0.2) is 6.54 Å². The number of hydrogen-bond donors (Lipinski definition) is 1. The number of benzene rings is 2. The molecule has 92 valence electrons. The predicted molar refractivity (Wildman–Crippen MR) is 74.5 cm³/mol. The van der Waals surface area contributed by atoms with Crippen molar-refractivity contribution >= 4 is 5.69 Å². The van der Waals surface area contributed by atoms with Crippen molar-refractivity contribution < 1.29 is 4.74 Å². The summed E-state index contributed by atoms with van der Waals surface area (Å²) in [6, 6.07) is 16.1. The van der Waals surface area contributed by atoms with Crippen molar-refractivity contribution in [2.45, 2.75) is 19.3 Å². The number of hydrogen-bond acceptors (Lipinski definition) is 2. The first-order valence-corrected chi connectivity index (χ1v) is 6.26. The van der Waals surface area contributed by atoms with Gasteiger partial charge in [0.2, 0.25) is 0 Å². The van der Waals surface area contributed by atoms with Gasteiger partial charge in [-0.05, 0) is 35.9 Å². The topological polar surface area (TPSA) is 21.3 Å². The van der Waals surface area contributed by atoms with Gasteiger partial charge >= 0.3 is 0 Å². The Morgan fingerprint density at radius 1 is 1.00 bits per heavy atom. The minimum absolute atomic E-state index is 0.172. The van der Waals surface area contributed by atoms with Gasteiger partial charge in [-0.2, -0.15) is 0 Å². The van der Waals surface area contributed by atoms with Gasteiger partial charge in [-0.3, -0.25) is 0 Å². The SMILES string of the molecule is CC1(C)CNc2ccc(Oc3ccccc3)cc21. The van der Waals surface area contributed by atoms with Gasteiger partial charge in [0.15, 0.2) is 0 Å². The third-order valence-electron chi connectivity index (χ3n) is 3.42. The molecule has 1 aliphatic rings. The lowest BCUT2D eigenvalue weighted by molar-refractivity contribution is 0.479. The van der Waals surface area contributed by atoms with Crippen LogP contribution in [0, 0.1) is 0 Å². The lowest BCUT2D eigenvalue weighted by atomic mass is 9.87. The van der Waals surface area contributed by atoms with E-state index in [0.29, 0.717) is 0 Å². The maximum absolute atomic E-state index is 5.87. The van der Waals surface area contributed by atoms with Gasteiger partial charge in [-0.15, -0.1) is 0 Å². The van der Waals surface area contributed by atoms with E-state index in [9.17, 15) is 0 Å². The Hall–Kier alpha value is -1.96. The van der Waals surface area contributed by atoms with Crippen LogP contribution >= 0.6 is 0 Å². The van der Waals surface area contributed by atoms with Crippen molar-refractivity contribution in [3.05, 3.63) is 54.1 Å². The fraction of sp³-hybridized carbons (Fsp3) is 0.250. The molecule has 0 aromatic heterocycles. The minimum Gasteiger partial charge on any atom is -0.457 e. The van der Waals surface area contributed by atoms with Crippen LogP contribution in [-0.2, 0) is 5.41 Å². The molecule has 0 fully saturated rings. The summed E-state index contributed by atoms with van der Waals surface area (Å²) in [7, 11) is 0. The summed E-state index contributed by atoms with van der Waals surface area (Å²) < 4.78 is 5.87. The molecule has 0 saturated heterocycles. The van der Waals surface area contributed by atoms with Crippen LogP contribution in [0.1, 0.15) is 19.4 Å². The van der Waals surface area contributed by atoms with Gasteiger partial charge in [0, 0.05) is 17.6 Å². The molecule has 0 unspecified atom stereocenters. The monoisotopic (exact) mass is 239 g/mol. The summed E-state index contributed by atoms with van der Waals surface area (Å²) >= 11 is 0. The summed E-state index contributed by atoms with van der Waals surface area (Å²) in [4.78, 5) is 0. The van der Waals surface area contributed by atoms with Crippen molar-refractivity contribution in [2.75, 3.05) is 11.9 Å². The molecule has 2 aromatic carbocycles. The number of para-hydroxylation sites is 1. The Morgan fingerprint density at radius 3 is 2.56 bits per heavy atom. The van der Waals surface area contributed by atoms with Crippen molar-refractivity contribution in [1.29, 1.82) is 0 Å². The first kappa shape index (κ1) is 11.1. The summed E-state index contributed by atoms with van der Waals surface area (Å²) in [6.07, 6.45) is 0. The van der Waals surface area contributed by atoms with Gasteiger partial charge in [0.25, 0.3) is 0 Å². The predicted octanol–water partition coefficient (Wildman–Crippen LogP) is 4.18. The second-order valence-corrected chi connectivity index (χ2v) is 5.36. The zero-order valence-corrected chi connectivity index (χ0v) is 10.7. The van der Waals surface area contributed by atoms with Crippen molar-refractivity contribution in [1.82, 2.24) is 0 Å². The fourth-order valence-corrected chi connectivity index (χ4v) is 2.34. The molecule has 2 aromatic rings. The van der Waals surface area contributed by atoms with Gasteiger partial charge in [0.1, 0.15) is 11.5 Å². The molecule has 0 aliphatic carbocycles. The van der Waals surface area contributed by atoms with E-state index < -0.39 is 0 Å². The molecular formula is C16H17NO. The quantitative estimate of drug-likeness (QED) is 0.848. The number of rotatable bonds is 2. The van der Waals surface area contributed by atoms with Crippen molar-refractivity contribution in [3.63, 3.8) is 0 Å². The Morgan fingerprint density at radius 2 is 1.78 bits per heavy atom. The van der Waals surface area contributed by atoms with E-state index in [1.807, 2.05) is 36.4 Å². The summed E-state index contributed by atoms with van der Waals surface area (Å²) in [5, 5.41) is 3.43. The van der Waals surface area contributed by atoms with E-state index in [1.54, 1.807) is 0 Å². The number of anilines is 1. The highest BCUT2D eigenvalue weighted by atomic mass is 16.5. The number of ether oxygens (including phenoxy) is 1. The highest BCUT2D eigenvalue weighted by molar-refractivity contribution is 5.62. The van der Waals surface area contributed by atoms with E-state index in [4.69, 9.17) is 4.74 Å². The van der Waals surface area contributed by atoms with Crippen LogP contribution < -0.4 is 10.1 Å². The summed E-state index contributed by atoms with van der Waals surface area (Å²) in [6.45, 7) is 5.48. The standard InChI is InChI=1S/C16H17NO/c1-16(2)11-17-15-9-8-13(10-14(15)16)18-12-6-4-3-5-7-12/h3-10,17H,11H2,1-2H3. The molecule has 3 rings (SSSR count). The molecule has 0 bridgehead atoms. The maximum atomic E-state index is 5.87. The summed E-state index contributed by atoms with van der Waals surface area (Å²) in [5.74, 6) is 1.78. The average molecular weight is 239 g/mol. The second kappa shape index (κ2) is 4.05. The van der Waals surface area contributed by atoms with E-state index in [1.165, 1.54) is 11.3 Å². The smallest absolute Gasteiger partial charge is 0.127 e. The lowest BCUT2D eigenvalue weighted by Gasteiger charge is -2.17. The van der Waals surface area contributed by atoms with Gasteiger partial charge < -0.3 is 10.1 Å². The third kappa shape index (κ3) is 1.94. The molecule has 1 heterocycles. The van der Waals surface area contributed by atoms with Crippen LogP contribution in [0.4, 0.5) is 5.69 Å². The van der Waals surface area contributed by atoms with Crippen LogP contribution in [0.2, 0.25) is 0 Å². The Balaban J connectivity index is 1.92. The van der Waals surface area contributed by atoms with Crippen LogP contribution in [0.15, 0.2) is 48.5 Å². The number of fused-ring (bicyclic) bond motifs is 1. The molecule has 0 atom stereocenters. The molecular weight excluding hydrogens is 222 g/mol.